The topological polar surface area (TPSA) is 75.6 Å². The molecule has 0 unspecified atom stereocenters. The average Bonchev–Trinajstić information content (AvgIpc) is 3.73. The highest BCUT2D eigenvalue weighted by atomic mass is 16.5. The van der Waals surface area contributed by atoms with Crippen LogP contribution in [0.1, 0.15) is 43.2 Å². The number of nitrogens with one attached hydrogen (secondary N) is 2. The van der Waals surface area contributed by atoms with Crippen LogP contribution in [0.4, 0.5) is 0 Å². The lowest BCUT2D eigenvalue weighted by molar-refractivity contribution is -0.138. The van der Waals surface area contributed by atoms with Crippen LogP contribution in [0.25, 0.3) is 10.9 Å². The van der Waals surface area contributed by atoms with Gasteiger partial charge in [0, 0.05) is 75.5 Å². The molecule has 2 amide bonds. The van der Waals surface area contributed by atoms with E-state index < -0.39 is 0 Å². The van der Waals surface area contributed by atoms with Gasteiger partial charge >= 0.3 is 0 Å². The van der Waals surface area contributed by atoms with Crippen molar-refractivity contribution in [3.8, 4) is 0 Å². The normalized spacial score (nSPS) is 19.4. The highest BCUT2D eigenvalue weighted by molar-refractivity contribution is 5.85. The molecule has 1 aliphatic heterocycles. The highest BCUT2D eigenvalue weighted by Gasteiger charge is 2.38. The van der Waals surface area contributed by atoms with Crippen LogP contribution in [0.3, 0.4) is 0 Å². The molecule has 38 heavy (non-hydrogen) atoms. The van der Waals surface area contributed by atoms with E-state index in [-0.39, 0.29) is 23.8 Å². The lowest BCUT2D eigenvalue weighted by Crippen LogP contribution is -2.53. The number of hydrogen-bond acceptors (Lipinski definition) is 4. The summed E-state index contributed by atoms with van der Waals surface area (Å²) in [6.07, 6.45) is 7.18. The van der Waals surface area contributed by atoms with E-state index >= 15 is 0 Å². The molecule has 7 nitrogen and oxygen atoms in total. The van der Waals surface area contributed by atoms with Crippen LogP contribution in [0.15, 0.2) is 60.8 Å². The third-order valence-corrected chi connectivity index (χ3v) is 7.78. The van der Waals surface area contributed by atoms with Crippen molar-refractivity contribution >= 4 is 22.7 Å². The van der Waals surface area contributed by atoms with E-state index in [0.717, 1.165) is 44.4 Å². The Hall–Kier alpha value is -3.16. The summed E-state index contributed by atoms with van der Waals surface area (Å²) in [5.74, 6) is 0.132. The minimum atomic E-state index is -0.126. The Labute approximate surface area is 225 Å². The summed E-state index contributed by atoms with van der Waals surface area (Å²) in [4.78, 5) is 28.6. The number of hydrogen-bond donors (Lipinski definition) is 2. The number of ether oxygens (including phenoxy) is 1. The van der Waals surface area contributed by atoms with Crippen LogP contribution < -0.4 is 10.6 Å². The first-order chi connectivity index (χ1) is 18.6. The summed E-state index contributed by atoms with van der Waals surface area (Å²) in [5.41, 5.74) is 3.57. The number of rotatable bonds is 12. The molecule has 1 saturated carbocycles. The number of benzene rings is 2. The molecular formula is C31H40N4O3. The number of nitrogens with zero attached hydrogens (tertiary/aromatic N) is 2. The van der Waals surface area contributed by atoms with Crippen molar-refractivity contribution in [3.63, 3.8) is 0 Å². The van der Waals surface area contributed by atoms with E-state index in [9.17, 15) is 9.59 Å². The maximum absolute atomic E-state index is 13.8. The lowest BCUT2D eigenvalue weighted by Gasteiger charge is -2.34. The fraction of sp³-hybridized carbons (Fsp3) is 0.484. The van der Waals surface area contributed by atoms with Crippen LogP contribution in [0.5, 0.6) is 0 Å². The summed E-state index contributed by atoms with van der Waals surface area (Å²) in [6.45, 7) is 3.62. The van der Waals surface area contributed by atoms with Crippen LogP contribution in [-0.2, 0) is 33.8 Å². The van der Waals surface area contributed by atoms with E-state index in [1.165, 1.54) is 16.5 Å². The second-order valence-corrected chi connectivity index (χ2v) is 10.7. The Morgan fingerprint density at radius 1 is 1.08 bits per heavy atom. The molecule has 0 radical (unpaired) electrons. The molecule has 3 aromatic rings. The van der Waals surface area contributed by atoms with Crippen molar-refractivity contribution in [2.24, 2.45) is 5.92 Å². The van der Waals surface area contributed by atoms with Crippen molar-refractivity contribution in [1.82, 2.24) is 20.1 Å². The minimum Gasteiger partial charge on any atom is -0.385 e. The summed E-state index contributed by atoms with van der Waals surface area (Å²) in [5, 5.41) is 7.80. The molecule has 2 fully saturated rings. The number of carbonyl (C=O) groups is 2. The lowest BCUT2D eigenvalue weighted by atomic mass is 9.93. The number of para-hydroxylation sites is 1. The van der Waals surface area contributed by atoms with Gasteiger partial charge in [0.15, 0.2) is 0 Å². The number of aromatic nitrogens is 1. The van der Waals surface area contributed by atoms with Gasteiger partial charge in [-0.15, -0.1) is 0 Å². The predicted octanol–water partition coefficient (Wildman–Crippen LogP) is 3.90. The number of fused-ring (bicyclic) bond motifs is 1. The Morgan fingerprint density at radius 3 is 2.66 bits per heavy atom. The molecule has 2 N–H and O–H groups in total. The second-order valence-electron chi connectivity index (χ2n) is 10.7. The molecule has 1 aromatic heterocycles. The molecule has 1 aliphatic carbocycles. The average molecular weight is 517 g/mol. The van der Waals surface area contributed by atoms with Gasteiger partial charge in [-0.1, -0.05) is 48.5 Å². The molecular weight excluding hydrogens is 476 g/mol. The number of piperidine rings is 1. The van der Waals surface area contributed by atoms with E-state index in [4.69, 9.17) is 4.74 Å². The molecule has 2 aliphatic rings. The molecule has 2 aromatic carbocycles. The maximum Gasteiger partial charge on any atom is 0.227 e. The van der Waals surface area contributed by atoms with Gasteiger partial charge < -0.3 is 24.8 Å². The first-order valence-electron chi connectivity index (χ1n) is 14.0. The maximum atomic E-state index is 13.8. The largest absolute Gasteiger partial charge is 0.385 e. The van der Waals surface area contributed by atoms with Crippen LogP contribution in [0, 0.1) is 5.92 Å². The van der Waals surface area contributed by atoms with E-state index in [0.29, 0.717) is 38.5 Å². The van der Waals surface area contributed by atoms with Crippen molar-refractivity contribution in [2.45, 2.75) is 63.7 Å². The summed E-state index contributed by atoms with van der Waals surface area (Å²) >= 11 is 0. The number of methoxy groups -OCH3 is 1. The summed E-state index contributed by atoms with van der Waals surface area (Å²) in [7, 11) is 1.74. The molecule has 5 rings (SSSR count). The van der Waals surface area contributed by atoms with Crippen molar-refractivity contribution in [1.29, 1.82) is 0 Å². The highest BCUT2D eigenvalue weighted by Crippen LogP contribution is 2.33. The number of amides is 2. The first-order valence-corrected chi connectivity index (χ1v) is 14.0. The number of aryl methyl sites for hydroxylation is 2. The standard InChI is InChI=1S/C31H40N4O3/c1-38-17-7-16-34-21-25(28-10-5-6-11-29(28)34)22-35(27-13-14-27)31(37)24-18-26(20-32-19-24)33-30(36)15-12-23-8-3-2-4-9-23/h2-6,8-11,21,24,26-27,32H,7,12-20,22H2,1H3,(H,33,36)/t24-,26+/m0/s1. The quantitative estimate of drug-likeness (QED) is 0.358. The monoisotopic (exact) mass is 516 g/mol. The Balaban J connectivity index is 1.22. The van der Waals surface area contributed by atoms with Crippen LogP contribution in [0.2, 0.25) is 0 Å². The van der Waals surface area contributed by atoms with E-state index in [1.807, 2.05) is 30.3 Å². The van der Waals surface area contributed by atoms with Gasteiger partial charge in [0.2, 0.25) is 11.8 Å². The van der Waals surface area contributed by atoms with Crippen LogP contribution >= 0.6 is 0 Å². The molecule has 0 spiro atoms. The van der Waals surface area contributed by atoms with Gasteiger partial charge in [0.1, 0.15) is 0 Å². The van der Waals surface area contributed by atoms with E-state index in [2.05, 4.69) is 50.6 Å². The zero-order chi connectivity index (χ0) is 26.3. The van der Waals surface area contributed by atoms with E-state index in [1.54, 1.807) is 7.11 Å². The first kappa shape index (κ1) is 26.4. The second kappa shape index (κ2) is 12.6. The third-order valence-electron chi connectivity index (χ3n) is 7.78. The SMILES string of the molecule is COCCCn1cc(CN(C(=O)[C@@H]2CNC[C@H](NC(=O)CCc3ccccc3)C2)C2CC2)c2ccccc21. The minimum absolute atomic E-state index is 0.0234. The van der Waals surface area contributed by atoms with Crippen LogP contribution in [-0.4, -0.2) is 60.2 Å². The smallest absolute Gasteiger partial charge is 0.227 e. The predicted molar refractivity (Wildman–Crippen MR) is 150 cm³/mol. The van der Waals surface area contributed by atoms with Gasteiger partial charge in [-0.2, -0.15) is 0 Å². The van der Waals surface area contributed by atoms with Gasteiger partial charge in [-0.05, 0) is 49.3 Å². The van der Waals surface area contributed by atoms with Gasteiger partial charge in [0.25, 0.3) is 0 Å². The fourth-order valence-corrected chi connectivity index (χ4v) is 5.65. The Bertz CT molecular complexity index is 1220. The van der Waals surface area contributed by atoms with Crippen molar-refractivity contribution < 1.29 is 14.3 Å². The van der Waals surface area contributed by atoms with Crippen molar-refractivity contribution in [3.05, 3.63) is 71.9 Å². The fourth-order valence-electron chi connectivity index (χ4n) is 5.65. The Morgan fingerprint density at radius 2 is 1.87 bits per heavy atom. The zero-order valence-corrected chi connectivity index (χ0v) is 22.4. The molecule has 2 heterocycles. The zero-order valence-electron chi connectivity index (χ0n) is 22.4. The summed E-state index contributed by atoms with van der Waals surface area (Å²) < 4.78 is 7.55. The molecule has 2 atom stereocenters. The molecule has 202 valence electrons. The Kier molecular flexibility index (Phi) is 8.76. The molecule has 7 heteroatoms. The number of carbonyl (C=O) groups excluding carboxylic acids is 2. The molecule has 0 bridgehead atoms. The van der Waals surface area contributed by atoms with Gasteiger partial charge in [-0.25, -0.2) is 0 Å². The van der Waals surface area contributed by atoms with Gasteiger partial charge in [0.05, 0.1) is 5.92 Å². The van der Waals surface area contributed by atoms with Gasteiger partial charge in [-0.3, -0.25) is 9.59 Å². The third kappa shape index (κ3) is 6.63. The van der Waals surface area contributed by atoms with Crippen molar-refractivity contribution in [2.75, 3.05) is 26.8 Å². The molecule has 1 saturated heterocycles. The summed E-state index contributed by atoms with van der Waals surface area (Å²) in [6, 6.07) is 18.8.